The van der Waals surface area contributed by atoms with E-state index in [-0.39, 0.29) is 12.0 Å². The highest BCUT2D eigenvalue weighted by Gasteiger charge is 2.33. The van der Waals surface area contributed by atoms with Gasteiger partial charge in [-0.1, -0.05) is 0 Å². The van der Waals surface area contributed by atoms with Gasteiger partial charge in [0.2, 0.25) is 5.91 Å². The van der Waals surface area contributed by atoms with Crippen molar-refractivity contribution in [1.82, 2.24) is 15.1 Å². The van der Waals surface area contributed by atoms with Crippen LogP contribution in [0.3, 0.4) is 0 Å². The second-order valence-corrected chi connectivity index (χ2v) is 5.94. The molecule has 1 N–H and O–H groups in total. The number of rotatable bonds is 2. The number of amides is 1. The van der Waals surface area contributed by atoms with Gasteiger partial charge in [0.1, 0.15) is 0 Å². The number of aromatic nitrogens is 2. The van der Waals surface area contributed by atoms with Gasteiger partial charge in [-0.25, -0.2) is 0 Å². The third-order valence-electron chi connectivity index (χ3n) is 4.69. The lowest BCUT2D eigenvalue weighted by Gasteiger charge is -2.36. The van der Waals surface area contributed by atoms with Crippen LogP contribution in [0.2, 0.25) is 0 Å². The topological polar surface area (TPSA) is 58.2 Å². The van der Waals surface area contributed by atoms with E-state index in [1.54, 1.807) is 6.20 Å². The molecule has 3 heterocycles. The van der Waals surface area contributed by atoms with Crippen LogP contribution < -0.4 is 0 Å². The van der Waals surface area contributed by atoms with E-state index in [1.807, 2.05) is 17.9 Å². The Morgan fingerprint density at radius 3 is 2.85 bits per heavy atom. The summed E-state index contributed by atoms with van der Waals surface area (Å²) in [7, 11) is 0. The molecule has 3 rings (SSSR count). The zero-order valence-corrected chi connectivity index (χ0v) is 12.0. The Morgan fingerprint density at radius 2 is 2.20 bits per heavy atom. The van der Waals surface area contributed by atoms with Crippen molar-refractivity contribution in [3.05, 3.63) is 18.0 Å². The van der Waals surface area contributed by atoms with Gasteiger partial charge in [0.05, 0.1) is 12.0 Å². The predicted molar refractivity (Wildman–Crippen MR) is 75.3 cm³/mol. The van der Waals surface area contributed by atoms with E-state index in [0.29, 0.717) is 11.8 Å². The Morgan fingerprint density at radius 1 is 1.40 bits per heavy atom. The van der Waals surface area contributed by atoms with Gasteiger partial charge >= 0.3 is 0 Å². The number of hydrogen-bond acceptors (Lipinski definition) is 3. The molecule has 2 atom stereocenters. The van der Waals surface area contributed by atoms with Crippen molar-refractivity contribution in [3.63, 3.8) is 0 Å². The SMILES string of the molecule is C[C@H]1OCCC[C@@H]1C(=O)N1CCC(c2ccn[nH]2)CC1. The predicted octanol–water partition coefficient (Wildman–Crippen LogP) is 1.93. The highest BCUT2D eigenvalue weighted by molar-refractivity contribution is 5.79. The summed E-state index contributed by atoms with van der Waals surface area (Å²) < 4.78 is 5.62. The molecule has 20 heavy (non-hydrogen) atoms. The molecule has 0 saturated carbocycles. The molecule has 0 radical (unpaired) electrons. The molecule has 2 aliphatic heterocycles. The smallest absolute Gasteiger partial charge is 0.228 e. The Hall–Kier alpha value is -1.36. The Bertz CT molecular complexity index is 438. The molecule has 110 valence electrons. The highest BCUT2D eigenvalue weighted by Crippen LogP contribution is 2.29. The average Bonchev–Trinajstić information content (AvgIpc) is 3.01. The number of piperidine rings is 1. The van der Waals surface area contributed by atoms with E-state index in [4.69, 9.17) is 4.74 Å². The van der Waals surface area contributed by atoms with Crippen molar-refractivity contribution >= 4 is 5.91 Å². The van der Waals surface area contributed by atoms with E-state index in [2.05, 4.69) is 10.2 Å². The summed E-state index contributed by atoms with van der Waals surface area (Å²) in [4.78, 5) is 14.6. The largest absolute Gasteiger partial charge is 0.378 e. The maximum absolute atomic E-state index is 12.6. The standard InChI is InChI=1S/C15H23N3O2/c1-11-13(3-2-10-20-11)15(19)18-8-5-12(6-9-18)14-4-7-16-17-14/h4,7,11-13H,2-3,5-6,8-10H2,1H3,(H,16,17)/t11-,13+/m1/s1. The summed E-state index contributed by atoms with van der Waals surface area (Å²) in [5.74, 6) is 0.870. The van der Waals surface area contributed by atoms with Crippen LogP contribution in [0.5, 0.6) is 0 Å². The molecule has 0 spiro atoms. The van der Waals surface area contributed by atoms with Crippen LogP contribution in [0.15, 0.2) is 12.3 Å². The summed E-state index contributed by atoms with van der Waals surface area (Å²) in [6.07, 6.45) is 5.90. The molecule has 0 unspecified atom stereocenters. The van der Waals surface area contributed by atoms with Gasteiger partial charge in [0.25, 0.3) is 0 Å². The van der Waals surface area contributed by atoms with Crippen LogP contribution in [0.1, 0.15) is 44.2 Å². The summed E-state index contributed by atoms with van der Waals surface area (Å²) in [6, 6.07) is 2.04. The summed E-state index contributed by atoms with van der Waals surface area (Å²) in [5.41, 5.74) is 1.20. The van der Waals surface area contributed by atoms with E-state index >= 15 is 0 Å². The zero-order chi connectivity index (χ0) is 13.9. The Kier molecular flexibility index (Phi) is 4.05. The molecule has 5 heteroatoms. The first-order valence-electron chi connectivity index (χ1n) is 7.65. The molecule has 1 aromatic rings. The Labute approximate surface area is 119 Å². The van der Waals surface area contributed by atoms with Crippen LogP contribution in [0.4, 0.5) is 0 Å². The fourth-order valence-corrected chi connectivity index (χ4v) is 3.39. The van der Waals surface area contributed by atoms with Crippen LogP contribution in [-0.4, -0.2) is 46.8 Å². The van der Waals surface area contributed by atoms with Gasteiger partial charge in [0.15, 0.2) is 0 Å². The first-order chi connectivity index (χ1) is 9.75. The summed E-state index contributed by atoms with van der Waals surface area (Å²) >= 11 is 0. The minimum absolute atomic E-state index is 0.0625. The third kappa shape index (κ3) is 2.73. The number of aromatic amines is 1. The fourth-order valence-electron chi connectivity index (χ4n) is 3.39. The minimum atomic E-state index is 0.0625. The minimum Gasteiger partial charge on any atom is -0.378 e. The van der Waals surface area contributed by atoms with Crippen LogP contribution >= 0.6 is 0 Å². The Balaban J connectivity index is 1.56. The first-order valence-corrected chi connectivity index (χ1v) is 7.65. The molecule has 0 bridgehead atoms. The fraction of sp³-hybridized carbons (Fsp3) is 0.733. The number of ether oxygens (including phenoxy) is 1. The highest BCUT2D eigenvalue weighted by atomic mass is 16.5. The molecule has 1 aromatic heterocycles. The van der Waals surface area contributed by atoms with Crippen molar-refractivity contribution in [2.75, 3.05) is 19.7 Å². The van der Waals surface area contributed by atoms with Crippen LogP contribution in [0, 0.1) is 5.92 Å². The lowest BCUT2D eigenvalue weighted by Crippen LogP contribution is -2.46. The molecule has 2 fully saturated rings. The van der Waals surface area contributed by atoms with E-state index in [0.717, 1.165) is 45.4 Å². The summed E-state index contributed by atoms with van der Waals surface area (Å²) in [5, 5.41) is 7.06. The monoisotopic (exact) mass is 277 g/mol. The van der Waals surface area contributed by atoms with Gasteiger partial charge in [0, 0.05) is 37.5 Å². The van der Waals surface area contributed by atoms with Crippen molar-refractivity contribution in [3.8, 4) is 0 Å². The van der Waals surface area contributed by atoms with Crippen molar-refractivity contribution in [2.24, 2.45) is 5.92 Å². The number of nitrogens with zero attached hydrogens (tertiary/aromatic N) is 2. The van der Waals surface area contributed by atoms with Gasteiger partial charge < -0.3 is 9.64 Å². The number of carbonyl (C=O) groups excluding carboxylic acids is 1. The van der Waals surface area contributed by atoms with E-state index in [9.17, 15) is 4.79 Å². The molecule has 5 nitrogen and oxygen atoms in total. The molecule has 2 aliphatic rings. The van der Waals surface area contributed by atoms with E-state index < -0.39 is 0 Å². The molecular weight excluding hydrogens is 254 g/mol. The maximum Gasteiger partial charge on any atom is 0.228 e. The second-order valence-electron chi connectivity index (χ2n) is 5.94. The molecule has 2 saturated heterocycles. The number of H-pyrrole nitrogens is 1. The third-order valence-corrected chi connectivity index (χ3v) is 4.69. The second kappa shape index (κ2) is 5.95. The van der Waals surface area contributed by atoms with Crippen molar-refractivity contribution in [1.29, 1.82) is 0 Å². The zero-order valence-electron chi connectivity index (χ0n) is 12.0. The average molecular weight is 277 g/mol. The lowest BCUT2D eigenvalue weighted by molar-refractivity contribution is -0.145. The number of likely N-dealkylation sites (tertiary alicyclic amines) is 1. The van der Waals surface area contributed by atoms with Crippen molar-refractivity contribution < 1.29 is 9.53 Å². The quantitative estimate of drug-likeness (QED) is 0.898. The van der Waals surface area contributed by atoms with Gasteiger partial charge in [-0.3, -0.25) is 9.89 Å². The molecule has 1 amide bonds. The molecular formula is C15H23N3O2. The van der Waals surface area contributed by atoms with Crippen LogP contribution in [-0.2, 0) is 9.53 Å². The molecule has 0 aromatic carbocycles. The number of carbonyl (C=O) groups is 1. The number of nitrogens with one attached hydrogen (secondary N) is 1. The van der Waals surface area contributed by atoms with Crippen LogP contribution in [0.25, 0.3) is 0 Å². The summed E-state index contributed by atoms with van der Waals surface area (Å²) in [6.45, 7) is 4.53. The first kappa shape index (κ1) is 13.6. The van der Waals surface area contributed by atoms with Gasteiger partial charge in [-0.2, -0.15) is 5.10 Å². The van der Waals surface area contributed by atoms with E-state index in [1.165, 1.54) is 5.69 Å². The lowest BCUT2D eigenvalue weighted by atomic mass is 9.90. The number of hydrogen-bond donors (Lipinski definition) is 1. The maximum atomic E-state index is 12.6. The van der Waals surface area contributed by atoms with Gasteiger partial charge in [-0.05, 0) is 38.7 Å². The molecule has 0 aliphatic carbocycles. The normalized spacial score (nSPS) is 28.6. The van der Waals surface area contributed by atoms with Gasteiger partial charge in [-0.15, -0.1) is 0 Å². The van der Waals surface area contributed by atoms with Crippen molar-refractivity contribution in [2.45, 2.75) is 44.6 Å².